The minimum absolute atomic E-state index is 0.187. The summed E-state index contributed by atoms with van der Waals surface area (Å²) in [6, 6.07) is 32.9. The molecule has 0 aliphatic carbocycles. The lowest BCUT2D eigenvalue weighted by Gasteiger charge is -2.08. The Labute approximate surface area is 202 Å². The van der Waals surface area contributed by atoms with Crippen molar-refractivity contribution in [1.82, 2.24) is 0 Å². The summed E-state index contributed by atoms with van der Waals surface area (Å²) >= 11 is 0. The first-order chi connectivity index (χ1) is 17.2. The molecule has 5 rings (SSSR count). The molecular weight excluding hydrogens is 436 g/mol. The van der Waals surface area contributed by atoms with Crippen molar-refractivity contribution in [1.29, 1.82) is 5.26 Å². The van der Waals surface area contributed by atoms with Gasteiger partial charge in [-0.3, -0.25) is 4.79 Å². The highest BCUT2D eigenvalue weighted by atomic mass is 16.5. The molecular formula is C30H20N2O3. The van der Waals surface area contributed by atoms with Crippen molar-refractivity contribution >= 4 is 28.8 Å². The zero-order chi connectivity index (χ0) is 24.2. The number of carbonyl (C=O) groups excluding carboxylic acids is 1. The molecule has 0 saturated carbocycles. The van der Waals surface area contributed by atoms with E-state index in [2.05, 4.69) is 11.1 Å². The van der Waals surface area contributed by atoms with E-state index in [9.17, 15) is 10.1 Å². The molecule has 4 aromatic carbocycles. The minimum Gasteiger partial charge on any atom is -0.436 e. The second-order valence-corrected chi connectivity index (χ2v) is 7.88. The van der Waals surface area contributed by atoms with Crippen molar-refractivity contribution < 1.29 is 13.9 Å². The standard InChI is InChI=1S/C30H20N2O3/c1-20(33)34-27-17-16-21-10-8-9-15-24(21)26(27)19-32-30-25(18-31)28(22-11-4-2-5-12-22)29(35-30)23-13-6-3-7-14-23/h2-17,19H,1H3. The molecule has 0 fully saturated rings. The Balaban J connectivity index is 1.71. The van der Waals surface area contributed by atoms with E-state index in [1.54, 1.807) is 12.3 Å². The van der Waals surface area contributed by atoms with Crippen LogP contribution in [0.15, 0.2) is 106 Å². The highest BCUT2D eigenvalue weighted by Crippen LogP contribution is 2.42. The Hall–Kier alpha value is -4.95. The SMILES string of the molecule is CC(=O)Oc1ccc2ccccc2c1C=Nc1oc(-c2ccccc2)c(-c2ccccc2)c1C#N. The van der Waals surface area contributed by atoms with Crippen molar-refractivity contribution in [3.8, 4) is 34.3 Å². The van der Waals surface area contributed by atoms with Crippen LogP contribution in [0.4, 0.5) is 5.88 Å². The van der Waals surface area contributed by atoms with Crippen LogP contribution in [0.25, 0.3) is 33.2 Å². The van der Waals surface area contributed by atoms with Gasteiger partial charge in [0.2, 0.25) is 5.88 Å². The fourth-order valence-corrected chi connectivity index (χ4v) is 4.06. The quantitative estimate of drug-likeness (QED) is 0.158. The molecule has 0 atom stereocenters. The van der Waals surface area contributed by atoms with Gasteiger partial charge in [0.05, 0.1) is 0 Å². The maximum absolute atomic E-state index is 11.7. The predicted molar refractivity (Wildman–Crippen MR) is 137 cm³/mol. The van der Waals surface area contributed by atoms with Crippen molar-refractivity contribution in [2.45, 2.75) is 6.92 Å². The molecule has 1 aromatic heterocycles. The number of hydrogen-bond acceptors (Lipinski definition) is 5. The van der Waals surface area contributed by atoms with Gasteiger partial charge in [-0.2, -0.15) is 5.26 Å². The summed E-state index contributed by atoms with van der Waals surface area (Å²) in [6.07, 6.45) is 1.59. The molecule has 0 unspecified atom stereocenters. The number of ether oxygens (including phenoxy) is 1. The van der Waals surface area contributed by atoms with Crippen LogP contribution in [0, 0.1) is 11.3 Å². The number of hydrogen-bond donors (Lipinski definition) is 0. The first-order valence-electron chi connectivity index (χ1n) is 11.1. The van der Waals surface area contributed by atoms with Crippen molar-refractivity contribution in [2.24, 2.45) is 4.99 Å². The summed E-state index contributed by atoms with van der Waals surface area (Å²) < 4.78 is 11.6. The minimum atomic E-state index is -0.427. The normalized spacial score (nSPS) is 11.0. The van der Waals surface area contributed by atoms with Gasteiger partial charge in [0, 0.05) is 29.8 Å². The summed E-state index contributed by atoms with van der Waals surface area (Å²) in [6.45, 7) is 1.36. The van der Waals surface area contributed by atoms with Gasteiger partial charge in [-0.1, -0.05) is 91.0 Å². The Morgan fingerprint density at radius 1 is 0.886 bits per heavy atom. The van der Waals surface area contributed by atoms with E-state index in [4.69, 9.17) is 9.15 Å². The van der Waals surface area contributed by atoms with Crippen LogP contribution in [-0.2, 0) is 4.79 Å². The summed E-state index contributed by atoms with van der Waals surface area (Å²) in [5.41, 5.74) is 3.35. The van der Waals surface area contributed by atoms with Gasteiger partial charge in [0.25, 0.3) is 0 Å². The molecule has 1 heterocycles. The van der Waals surface area contributed by atoms with Gasteiger partial charge >= 0.3 is 5.97 Å². The molecule has 5 aromatic rings. The molecule has 0 aliphatic heterocycles. The van der Waals surface area contributed by atoms with Gasteiger partial charge in [-0.15, -0.1) is 0 Å². The van der Waals surface area contributed by atoms with Crippen LogP contribution in [0.2, 0.25) is 0 Å². The molecule has 0 saturated heterocycles. The molecule has 0 spiro atoms. The van der Waals surface area contributed by atoms with E-state index in [-0.39, 0.29) is 5.88 Å². The molecule has 35 heavy (non-hydrogen) atoms. The average molecular weight is 457 g/mol. The molecule has 0 radical (unpaired) electrons. The third-order valence-corrected chi connectivity index (χ3v) is 5.60. The Morgan fingerprint density at radius 2 is 1.54 bits per heavy atom. The topological polar surface area (TPSA) is 75.6 Å². The van der Waals surface area contributed by atoms with Crippen molar-refractivity contribution in [2.75, 3.05) is 0 Å². The monoisotopic (exact) mass is 456 g/mol. The lowest BCUT2D eigenvalue weighted by atomic mass is 9.98. The molecule has 5 nitrogen and oxygen atoms in total. The van der Waals surface area contributed by atoms with Gasteiger partial charge in [0.1, 0.15) is 23.1 Å². The van der Waals surface area contributed by atoms with Crippen LogP contribution in [-0.4, -0.2) is 12.2 Å². The van der Waals surface area contributed by atoms with Crippen LogP contribution >= 0.6 is 0 Å². The summed E-state index contributed by atoms with van der Waals surface area (Å²) in [4.78, 5) is 16.3. The van der Waals surface area contributed by atoms with Gasteiger partial charge in [-0.05, 0) is 22.4 Å². The second kappa shape index (κ2) is 9.50. The molecule has 0 amide bonds. The summed E-state index contributed by atoms with van der Waals surface area (Å²) in [7, 11) is 0. The number of benzene rings is 4. The number of carbonyl (C=O) groups is 1. The third kappa shape index (κ3) is 4.33. The zero-order valence-electron chi connectivity index (χ0n) is 18.9. The number of fused-ring (bicyclic) bond motifs is 1. The summed E-state index contributed by atoms with van der Waals surface area (Å²) in [5.74, 6) is 0.713. The fraction of sp³-hybridized carbons (Fsp3) is 0.0333. The van der Waals surface area contributed by atoms with Gasteiger partial charge in [0.15, 0.2) is 0 Å². The Morgan fingerprint density at radius 3 is 2.23 bits per heavy atom. The molecule has 5 heteroatoms. The largest absolute Gasteiger partial charge is 0.436 e. The lowest BCUT2D eigenvalue weighted by molar-refractivity contribution is -0.131. The van der Waals surface area contributed by atoms with Crippen LogP contribution in [0.1, 0.15) is 18.1 Å². The average Bonchev–Trinajstić information content (AvgIpc) is 3.27. The highest BCUT2D eigenvalue weighted by Gasteiger charge is 2.22. The molecule has 0 aliphatic rings. The van der Waals surface area contributed by atoms with E-state index in [0.29, 0.717) is 28.2 Å². The Bertz CT molecular complexity index is 1590. The number of aliphatic imine (C=N–C) groups is 1. The first-order valence-corrected chi connectivity index (χ1v) is 11.1. The number of nitrogens with zero attached hydrogens (tertiary/aromatic N) is 2. The van der Waals surface area contributed by atoms with E-state index in [0.717, 1.165) is 21.9 Å². The fourth-order valence-electron chi connectivity index (χ4n) is 4.06. The highest BCUT2D eigenvalue weighted by molar-refractivity contribution is 6.04. The van der Waals surface area contributed by atoms with E-state index < -0.39 is 5.97 Å². The first kappa shape index (κ1) is 21.9. The van der Waals surface area contributed by atoms with Crippen LogP contribution < -0.4 is 4.74 Å². The third-order valence-electron chi connectivity index (χ3n) is 5.60. The van der Waals surface area contributed by atoms with Crippen LogP contribution in [0.5, 0.6) is 5.75 Å². The van der Waals surface area contributed by atoms with Crippen molar-refractivity contribution in [3.05, 3.63) is 108 Å². The maximum Gasteiger partial charge on any atom is 0.308 e. The molecule has 0 N–H and O–H groups in total. The number of esters is 1. The molecule has 0 bridgehead atoms. The predicted octanol–water partition coefficient (Wildman–Crippen LogP) is 7.31. The number of furan rings is 1. The van der Waals surface area contributed by atoms with Gasteiger partial charge in [-0.25, -0.2) is 4.99 Å². The number of rotatable bonds is 5. The molecule has 168 valence electrons. The summed E-state index contributed by atoms with van der Waals surface area (Å²) in [5, 5.41) is 11.9. The number of nitriles is 1. The van der Waals surface area contributed by atoms with E-state index in [1.165, 1.54) is 6.92 Å². The smallest absolute Gasteiger partial charge is 0.308 e. The maximum atomic E-state index is 11.7. The van der Waals surface area contributed by atoms with Gasteiger partial charge < -0.3 is 9.15 Å². The van der Waals surface area contributed by atoms with Crippen molar-refractivity contribution in [3.63, 3.8) is 0 Å². The van der Waals surface area contributed by atoms with Crippen LogP contribution in [0.3, 0.4) is 0 Å². The van der Waals surface area contributed by atoms with E-state index >= 15 is 0 Å². The Kier molecular flexibility index (Phi) is 5.94. The zero-order valence-corrected chi connectivity index (χ0v) is 18.9. The lowest BCUT2D eigenvalue weighted by Crippen LogP contribution is -2.04. The second-order valence-electron chi connectivity index (χ2n) is 7.88. The van der Waals surface area contributed by atoms with E-state index in [1.807, 2.05) is 91.0 Å².